The molecule has 0 bridgehead atoms. The van der Waals surface area contributed by atoms with E-state index in [0.717, 1.165) is 15.6 Å². The Morgan fingerprint density at radius 3 is 2.74 bits per heavy atom. The summed E-state index contributed by atoms with van der Waals surface area (Å²) in [6, 6.07) is 12.0. The molecule has 2 rings (SSSR count). The number of hydrogen-bond acceptors (Lipinski definition) is 2. The molecule has 0 aliphatic rings. The lowest BCUT2D eigenvalue weighted by Gasteiger charge is -2.14. The predicted molar refractivity (Wildman–Crippen MR) is 77.5 cm³/mol. The van der Waals surface area contributed by atoms with Gasteiger partial charge in [-0.2, -0.15) is 0 Å². The molecule has 1 atom stereocenters. The van der Waals surface area contributed by atoms with E-state index in [9.17, 15) is 4.39 Å². The van der Waals surface area contributed by atoms with Crippen LogP contribution in [-0.2, 0) is 6.61 Å². The van der Waals surface area contributed by atoms with Crippen molar-refractivity contribution < 1.29 is 9.13 Å². The van der Waals surface area contributed by atoms with Crippen molar-refractivity contribution in [2.45, 2.75) is 19.6 Å². The van der Waals surface area contributed by atoms with E-state index in [0.29, 0.717) is 12.4 Å². The molecule has 0 amide bonds. The maximum atomic E-state index is 13.1. The highest BCUT2D eigenvalue weighted by Crippen LogP contribution is 2.28. The highest BCUT2D eigenvalue weighted by atomic mass is 79.9. The number of ether oxygens (including phenoxy) is 1. The molecule has 0 aromatic heterocycles. The van der Waals surface area contributed by atoms with E-state index in [1.807, 2.05) is 31.2 Å². The van der Waals surface area contributed by atoms with E-state index in [1.165, 1.54) is 12.1 Å². The summed E-state index contributed by atoms with van der Waals surface area (Å²) in [6.07, 6.45) is 0. The molecule has 4 heteroatoms. The topological polar surface area (TPSA) is 35.2 Å². The van der Waals surface area contributed by atoms with E-state index >= 15 is 0 Å². The Labute approximate surface area is 120 Å². The van der Waals surface area contributed by atoms with Crippen molar-refractivity contribution in [3.05, 3.63) is 63.9 Å². The first-order valence-electron chi connectivity index (χ1n) is 5.98. The smallest absolute Gasteiger partial charge is 0.125 e. The van der Waals surface area contributed by atoms with Crippen molar-refractivity contribution in [3.8, 4) is 5.75 Å². The van der Waals surface area contributed by atoms with Gasteiger partial charge in [0.1, 0.15) is 18.2 Å². The van der Waals surface area contributed by atoms with Crippen molar-refractivity contribution in [1.29, 1.82) is 0 Å². The highest BCUT2D eigenvalue weighted by Gasteiger charge is 2.09. The first-order valence-corrected chi connectivity index (χ1v) is 6.78. The lowest BCUT2D eigenvalue weighted by Crippen LogP contribution is -2.08. The quantitative estimate of drug-likeness (QED) is 0.915. The lowest BCUT2D eigenvalue weighted by molar-refractivity contribution is 0.300. The fourth-order valence-corrected chi connectivity index (χ4v) is 2.14. The normalized spacial score (nSPS) is 12.2. The van der Waals surface area contributed by atoms with Crippen molar-refractivity contribution in [3.63, 3.8) is 0 Å². The molecule has 0 aliphatic carbocycles. The summed E-state index contributed by atoms with van der Waals surface area (Å²) in [6.45, 7) is 2.21. The van der Waals surface area contributed by atoms with Gasteiger partial charge in [0.2, 0.25) is 0 Å². The molecular weight excluding hydrogens is 309 g/mol. The Morgan fingerprint density at radius 1 is 1.26 bits per heavy atom. The molecule has 0 saturated heterocycles. The van der Waals surface area contributed by atoms with Gasteiger partial charge in [-0.3, -0.25) is 0 Å². The average molecular weight is 324 g/mol. The van der Waals surface area contributed by atoms with E-state index in [-0.39, 0.29) is 11.9 Å². The Hall–Kier alpha value is -1.39. The lowest BCUT2D eigenvalue weighted by atomic mass is 10.1. The number of nitrogens with two attached hydrogens (primary N) is 1. The summed E-state index contributed by atoms with van der Waals surface area (Å²) in [5.41, 5.74) is 7.62. The van der Waals surface area contributed by atoms with Crippen molar-refractivity contribution in [2.75, 3.05) is 0 Å². The summed E-state index contributed by atoms with van der Waals surface area (Å²) >= 11 is 3.40. The van der Waals surface area contributed by atoms with E-state index in [1.54, 1.807) is 6.07 Å². The Bertz CT molecular complexity index is 572. The molecule has 100 valence electrons. The highest BCUT2D eigenvalue weighted by molar-refractivity contribution is 9.10. The van der Waals surface area contributed by atoms with Crippen LogP contribution in [0, 0.1) is 5.82 Å². The molecule has 2 aromatic rings. The first kappa shape index (κ1) is 14.0. The summed E-state index contributed by atoms with van der Waals surface area (Å²) in [4.78, 5) is 0. The third-order valence-corrected chi connectivity index (χ3v) is 3.24. The molecular formula is C15H15BrFNO. The van der Waals surface area contributed by atoms with Crippen LogP contribution < -0.4 is 10.5 Å². The van der Waals surface area contributed by atoms with Gasteiger partial charge in [-0.25, -0.2) is 4.39 Å². The molecule has 0 spiro atoms. The third-order valence-electron chi connectivity index (χ3n) is 2.75. The molecule has 0 radical (unpaired) electrons. The Kier molecular flexibility index (Phi) is 4.56. The van der Waals surface area contributed by atoms with E-state index < -0.39 is 0 Å². The van der Waals surface area contributed by atoms with Crippen LogP contribution in [0.4, 0.5) is 4.39 Å². The number of halogens is 2. The van der Waals surface area contributed by atoms with E-state index in [4.69, 9.17) is 10.5 Å². The summed E-state index contributed by atoms with van der Waals surface area (Å²) in [5, 5.41) is 0. The minimum atomic E-state index is -0.261. The number of benzene rings is 2. The van der Waals surface area contributed by atoms with Gasteiger partial charge in [-0.1, -0.05) is 34.1 Å². The van der Waals surface area contributed by atoms with Crippen molar-refractivity contribution in [2.24, 2.45) is 5.73 Å². The van der Waals surface area contributed by atoms with Crippen LogP contribution in [0.1, 0.15) is 24.1 Å². The second kappa shape index (κ2) is 6.17. The molecule has 0 aliphatic heterocycles. The van der Waals surface area contributed by atoms with Gasteiger partial charge >= 0.3 is 0 Å². The molecule has 2 nitrogen and oxygen atoms in total. The number of rotatable bonds is 4. The van der Waals surface area contributed by atoms with Crippen LogP contribution in [-0.4, -0.2) is 0 Å². The zero-order valence-electron chi connectivity index (χ0n) is 10.6. The predicted octanol–water partition coefficient (Wildman–Crippen LogP) is 4.19. The molecule has 0 saturated carbocycles. The molecule has 19 heavy (non-hydrogen) atoms. The van der Waals surface area contributed by atoms with Gasteiger partial charge in [0, 0.05) is 16.1 Å². The van der Waals surface area contributed by atoms with Gasteiger partial charge < -0.3 is 10.5 Å². The zero-order chi connectivity index (χ0) is 13.8. The average Bonchev–Trinajstić information content (AvgIpc) is 2.36. The molecule has 0 heterocycles. The zero-order valence-corrected chi connectivity index (χ0v) is 12.2. The van der Waals surface area contributed by atoms with Crippen LogP contribution in [0.5, 0.6) is 5.75 Å². The fraction of sp³-hybridized carbons (Fsp3) is 0.200. The summed E-state index contributed by atoms with van der Waals surface area (Å²) in [7, 11) is 0. The monoisotopic (exact) mass is 323 g/mol. The molecule has 2 aromatic carbocycles. The van der Waals surface area contributed by atoms with Gasteiger partial charge in [-0.05, 0) is 36.8 Å². The van der Waals surface area contributed by atoms with Crippen molar-refractivity contribution in [1.82, 2.24) is 0 Å². The van der Waals surface area contributed by atoms with Crippen LogP contribution in [0.25, 0.3) is 0 Å². The third kappa shape index (κ3) is 3.78. The van der Waals surface area contributed by atoms with Gasteiger partial charge in [0.05, 0.1) is 0 Å². The van der Waals surface area contributed by atoms with E-state index in [2.05, 4.69) is 15.9 Å². The Morgan fingerprint density at radius 2 is 2.05 bits per heavy atom. The second-order valence-corrected chi connectivity index (χ2v) is 5.31. The molecule has 2 N–H and O–H groups in total. The summed E-state index contributed by atoms with van der Waals surface area (Å²) < 4.78 is 19.7. The minimum absolute atomic E-state index is 0.115. The maximum absolute atomic E-state index is 13.1. The molecule has 0 fully saturated rings. The van der Waals surface area contributed by atoms with Gasteiger partial charge in [0.25, 0.3) is 0 Å². The largest absolute Gasteiger partial charge is 0.489 e. The van der Waals surface area contributed by atoms with Crippen LogP contribution >= 0.6 is 15.9 Å². The second-order valence-electron chi connectivity index (χ2n) is 4.39. The Balaban J connectivity index is 2.17. The fourth-order valence-electron chi connectivity index (χ4n) is 1.80. The SMILES string of the molecule is C[C@H](N)c1ccc(Br)cc1OCc1cccc(F)c1. The van der Waals surface area contributed by atoms with Crippen LogP contribution in [0.2, 0.25) is 0 Å². The van der Waals surface area contributed by atoms with Gasteiger partial charge in [0.15, 0.2) is 0 Å². The standard InChI is InChI=1S/C15H15BrFNO/c1-10(18)14-6-5-12(16)8-15(14)19-9-11-3-2-4-13(17)7-11/h2-8,10H,9,18H2,1H3/t10-/m0/s1. The van der Waals surface area contributed by atoms with Crippen molar-refractivity contribution >= 4 is 15.9 Å². The number of hydrogen-bond donors (Lipinski definition) is 1. The first-order chi connectivity index (χ1) is 9.06. The van der Waals surface area contributed by atoms with Crippen LogP contribution in [0.3, 0.4) is 0 Å². The van der Waals surface area contributed by atoms with Crippen LogP contribution in [0.15, 0.2) is 46.9 Å². The molecule has 0 unspecified atom stereocenters. The minimum Gasteiger partial charge on any atom is -0.489 e. The van der Waals surface area contributed by atoms with Gasteiger partial charge in [-0.15, -0.1) is 0 Å². The maximum Gasteiger partial charge on any atom is 0.125 e. The summed E-state index contributed by atoms with van der Waals surface area (Å²) in [5.74, 6) is 0.455.